The quantitative estimate of drug-likeness (QED) is 0.835. The number of hydrogen-bond donors (Lipinski definition) is 2. The zero-order valence-electron chi connectivity index (χ0n) is 10.6. The number of carbonyl (C=O) groups excluding carboxylic acids is 1. The minimum absolute atomic E-state index is 0.0370. The molecule has 0 saturated heterocycles. The lowest BCUT2D eigenvalue weighted by atomic mass is 10.2. The van der Waals surface area contributed by atoms with Crippen LogP contribution >= 0.6 is 11.6 Å². The molecule has 0 aliphatic heterocycles. The van der Waals surface area contributed by atoms with Crippen LogP contribution in [0.25, 0.3) is 0 Å². The molecule has 0 bridgehead atoms. The van der Waals surface area contributed by atoms with E-state index in [1.807, 2.05) is 6.92 Å². The van der Waals surface area contributed by atoms with Gasteiger partial charge in [-0.25, -0.2) is 4.39 Å². The number of amides is 1. The smallest absolute Gasteiger partial charge is 0.236 e. The van der Waals surface area contributed by atoms with Crippen LogP contribution in [-0.2, 0) is 11.3 Å². The highest BCUT2D eigenvalue weighted by molar-refractivity contribution is 6.30. The third kappa shape index (κ3) is 4.63. The molecule has 2 N–H and O–H groups in total. The van der Waals surface area contributed by atoms with Gasteiger partial charge in [0.05, 0.1) is 11.1 Å². The summed E-state index contributed by atoms with van der Waals surface area (Å²) in [6.45, 7) is 4.93. The number of nitrogens with one attached hydrogen (secondary N) is 2. The molecule has 5 heteroatoms. The number of rotatable bonds is 6. The predicted octanol–water partition coefficient (Wildman–Crippen LogP) is 2.48. The van der Waals surface area contributed by atoms with E-state index in [1.54, 1.807) is 19.1 Å². The Morgan fingerprint density at radius 1 is 1.50 bits per heavy atom. The largest absolute Gasteiger partial charge is 0.355 e. The van der Waals surface area contributed by atoms with E-state index in [4.69, 9.17) is 11.6 Å². The second-order valence-electron chi connectivity index (χ2n) is 4.14. The first-order valence-electron chi connectivity index (χ1n) is 5.99. The summed E-state index contributed by atoms with van der Waals surface area (Å²) in [7, 11) is 0. The normalized spacial score (nSPS) is 12.2. The lowest BCUT2D eigenvalue weighted by molar-refractivity contribution is -0.122. The van der Waals surface area contributed by atoms with Gasteiger partial charge in [-0.05, 0) is 31.0 Å². The minimum atomic E-state index is -0.436. The molecule has 0 fully saturated rings. The Kier molecular flexibility index (Phi) is 6.09. The summed E-state index contributed by atoms with van der Waals surface area (Å²) in [5.41, 5.74) is 0.844. The first-order chi connectivity index (χ1) is 8.54. The highest BCUT2D eigenvalue weighted by atomic mass is 35.5. The Labute approximate surface area is 112 Å². The molecule has 1 atom stereocenters. The minimum Gasteiger partial charge on any atom is -0.355 e. The maximum atomic E-state index is 12.9. The van der Waals surface area contributed by atoms with E-state index in [1.165, 1.54) is 6.07 Å². The van der Waals surface area contributed by atoms with Gasteiger partial charge in [0, 0.05) is 13.1 Å². The molecule has 0 aliphatic rings. The van der Waals surface area contributed by atoms with Crippen LogP contribution in [0.4, 0.5) is 4.39 Å². The Bertz CT molecular complexity index is 412. The SMILES string of the molecule is CCCNC(=O)C(C)NCc1ccc(F)c(Cl)c1. The van der Waals surface area contributed by atoms with Crippen molar-refractivity contribution < 1.29 is 9.18 Å². The highest BCUT2D eigenvalue weighted by Gasteiger charge is 2.11. The van der Waals surface area contributed by atoms with Crippen molar-refractivity contribution in [2.24, 2.45) is 0 Å². The van der Waals surface area contributed by atoms with Crippen LogP contribution in [0.3, 0.4) is 0 Å². The van der Waals surface area contributed by atoms with Gasteiger partial charge < -0.3 is 10.6 Å². The third-order valence-electron chi connectivity index (χ3n) is 2.54. The molecule has 0 radical (unpaired) electrons. The van der Waals surface area contributed by atoms with Crippen molar-refractivity contribution in [2.75, 3.05) is 6.54 Å². The van der Waals surface area contributed by atoms with Crippen molar-refractivity contribution in [3.05, 3.63) is 34.6 Å². The fraction of sp³-hybridized carbons (Fsp3) is 0.462. The summed E-state index contributed by atoms with van der Waals surface area (Å²) in [6.07, 6.45) is 0.909. The van der Waals surface area contributed by atoms with Gasteiger partial charge in [-0.15, -0.1) is 0 Å². The molecule has 0 spiro atoms. The summed E-state index contributed by atoms with van der Waals surface area (Å²) in [5, 5.41) is 5.96. The standard InChI is InChI=1S/C13H18ClFN2O/c1-3-6-16-13(18)9(2)17-8-10-4-5-12(15)11(14)7-10/h4-5,7,9,17H,3,6,8H2,1-2H3,(H,16,18). The van der Waals surface area contributed by atoms with E-state index in [-0.39, 0.29) is 17.0 Å². The molecule has 1 rings (SSSR count). The molecule has 1 aromatic rings. The average molecular weight is 273 g/mol. The summed E-state index contributed by atoms with van der Waals surface area (Å²) in [6, 6.07) is 4.23. The Hall–Kier alpha value is -1.13. The van der Waals surface area contributed by atoms with Crippen molar-refractivity contribution in [2.45, 2.75) is 32.9 Å². The maximum Gasteiger partial charge on any atom is 0.236 e. The van der Waals surface area contributed by atoms with Gasteiger partial charge in [-0.2, -0.15) is 0 Å². The number of hydrogen-bond acceptors (Lipinski definition) is 2. The molecule has 0 aliphatic carbocycles. The van der Waals surface area contributed by atoms with Crippen molar-refractivity contribution in [1.82, 2.24) is 10.6 Å². The molecule has 3 nitrogen and oxygen atoms in total. The molecule has 1 aromatic carbocycles. The summed E-state index contributed by atoms with van der Waals surface area (Å²) in [5.74, 6) is -0.473. The van der Waals surface area contributed by atoms with Crippen LogP contribution in [0, 0.1) is 5.82 Å². The van der Waals surface area contributed by atoms with Crippen LogP contribution in [0.1, 0.15) is 25.8 Å². The van der Waals surface area contributed by atoms with Crippen LogP contribution < -0.4 is 10.6 Å². The van der Waals surface area contributed by atoms with Gasteiger partial charge in [0.25, 0.3) is 0 Å². The summed E-state index contributed by atoms with van der Waals surface area (Å²) >= 11 is 5.68. The second-order valence-corrected chi connectivity index (χ2v) is 4.55. The Balaban J connectivity index is 2.44. The molecule has 1 amide bonds. The predicted molar refractivity (Wildman–Crippen MR) is 71.0 cm³/mol. The summed E-state index contributed by atoms with van der Waals surface area (Å²) in [4.78, 5) is 11.6. The maximum absolute atomic E-state index is 12.9. The molecule has 0 saturated carbocycles. The molecular weight excluding hydrogens is 255 g/mol. The van der Waals surface area contributed by atoms with E-state index >= 15 is 0 Å². The number of benzene rings is 1. The van der Waals surface area contributed by atoms with E-state index in [0.29, 0.717) is 13.1 Å². The molecule has 0 heterocycles. The van der Waals surface area contributed by atoms with E-state index in [9.17, 15) is 9.18 Å². The van der Waals surface area contributed by atoms with Crippen molar-refractivity contribution in [3.63, 3.8) is 0 Å². The van der Waals surface area contributed by atoms with Crippen molar-refractivity contribution >= 4 is 17.5 Å². The van der Waals surface area contributed by atoms with Crippen LogP contribution in [-0.4, -0.2) is 18.5 Å². The fourth-order valence-corrected chi connectivity index (χ4v) is 1.62. The second kappa shape index (κ2) is 7.34. The lowest BCUT2D eigenvalue weighted by Gasteiger charge is -2.13. The van der Waals surface area contributed by atoms with Gasteiger partial charge in [0.15, 0.2) is 0 Å². The van der Waals surface area contributed by atoms with Gasteiger partial charge in [0.2, 0.25) is 5.91 Å². The Morgan fingerprint density at radius 2 is 2.22 bits per heavy atom. The van der Waals surface area contributed by atoms with Gasteiger partial charge >= 0.3 is 0 Å². The average Bonchev–Trinajstić information content (AvgIpc) is 2.36. The van der Waals surface area contributed by atoms with Crippen LogP contribution in [0.15, 0.2) is 18.2 Å². The van der Waals surface area contributed by atoms with Crippen LogP contribution in [0.5, 0.6) is 0 Å². The molecular formula is C13H18ClFN2O. The molecule has 18 heavy (non-hydrogen) atoms. The number of halogens is 2. The number of carbonyl (C=O) groups is 1. The zero-order chi connectivity index (χ0) is 13.5. The van der Waals surface area contributed by atoms with E-state index in [0.717, 1.165) is 12.0 Å². The van der Waals surface area contributed by atoms with Crippen molar-refractivity contribution in [1.29, 1.82) is 0 Å². The van der Waals surface area contributed by atoms with Crippen LogP contribution in [0.2, 0.25) is 5.02 Å². The van der Waals surface area contributed by atoms with E-state index in [2.05, 4.69) is 10.6 Å². The van der Waals surface area contributed by atoms with E-state index < -0.39 is 5.82 Å². The first-order valence-corrected chi connectivity index (χ1v) is 6.37. The molecule has 0 aromatic heterocycles. The molecule has 1 unspecified atom stereocenters. The highest BCUT2D eigenvalue weighted by Crippen LogP contribution is 2.15. The summed E-state index contributed by atoms with van der Waals surface area (Å²) < 4.78 is 12.9. The van der Waals surface area contributed by atoms with Gasteiger partial charge in [-0.3, -0.25) is 4.79 Å². The third-order valence-corrected chi connectivity index (χ3v) is 2.83. The first kappa shape index (κ1) is 14.9. The lowest BCUT2D eigenvalue weighted by Crippen LogP contribution is -2.42. The topological polar surface area (TPSA) is 41.1 Å². The van der Waals surface area contributed by atoms with Crippen molar-refractivity contribution in [3.8, 4) is 0 Å². The van der Waals surface area contributed by atoms with Gasteiger partial charge in [-0.1, -0.05) is 24.6 Å². The Morgan fingerprint density at radius 3 is 2.83 bits per heavy atom. The fourth-order valence-electron chi connectivity index (χ4n) is 1.41. The van der Waals surface area contributed by atoms with Gasteiger partial charge in [0.1, 0.15) is 5.82 Å². The zero-order valence-corrected chi connectivity index (χ0v) is 11.4. The molecule has 100 valence electrons. The monoisotopic (exact) mass is 272 g/mol.